The summed E-state index contributed by atoms with van der Waals surface area (Å²) in [5.41, 5.74) is 3.46. The number of carbonyl (C=O) groups excluding carboxylic acids is 3. The molecule has 2 aromatic carbocycles. The smallest absolute Gasteiger partial charge is 0.330 e. The number of rotatable bonds is 3. The monoisotopic (exact) mass is 509 g/mol. The lowest BCUT2D eigenvalue weighted by atomic mass is 10.2. The zero-order valence-corrected chi connectivity index (χ0v) is 23.6. The van der Waals surface area contributed by atoms with Crippen molar-refractivity contribution in [3.63, 3.8) is 0 Å². The minimum Gasteiger partial charge on any atom is -0.466 e. The Bertz CT molecular complexity index is 941. The summed E-state index contributed by atoms with van der Waals surface area (Å²) in [6.07, 6.45) is 8.05. The summed E-state index contributed by atoms with van der Waals surface area (Å²) >= 11 is 0. The first-order valence-electron chi connectivity index (χ1n) is 12.4. The number of hydrogen-bond donors (Lipinski definition) is 0. The van der Waals surface area contributed by atoms with E-state index in [1.54, 1.807) is 6.08 Å². The molecule has 6 nitrogen and oxygen atoms in total. The van der Waals surface area contributed by atoms with Crippen molar-refractivity contribution < 1.29 is 23.9 Å². The maximum Gasteiger partial charge on any atom is 0.330 e. The molecule has 1 atom stereocenters. The van der Waals surface area contributed by atoms with Gasteiger partial charge in [-0.05, 0) is 31.1 Å². The van der Waals surface area contributed by atoms with Crippen LogP contribution < -0.4 is 0 Å². The number of epoxide rings is 1. The average molecular weight is 510 g/mol. The molecule has 1 unspecified atom stereocenters. The molecule has 6 heteroatoms. The number of likely N-dealkylation sites (N-methyl/N-ethyl adjacent to an activating group) is 1. The topological polar surface area (TPSA) is 76.2 Å². The number of aryl methyl sites for hydroxylation is 1. The van der Waals surface area contributed by atoms with Crippen LogP contribution in [0.5, 0.6) is 0 Å². The first kappa shape index (κ1) is 35.4. The lowest BCUT2D eigenvalue weighted by Crippen LogP contribution is -2.24. The number of carbonyl (C=O) groups is 3. The van der Waals surface area contributed by atoms with E-state index in [-0.39, 0.29) is 17.8 Å². The highest BCUT2D eigenvalue weighted by molar-refractivity contribution is 6.12. The summed E-state index contributed by atoms with van der Waals surface area (Å²) in [5, 5.41) is 0. The number of methoxy groups -OCH3 is 1. The van der Waals surface area contributed by atoms with Crippen LogP contribution in [0.2, 0.25) is 0 Å². The van der Waals surface area contributed by atoms with Crippen LogP contribution in [0.3, 0.4) is 0 Å². The normalized spacial score (nSPS) is 14.1. The summed E-state index contributed by atoms with van der Waals surface area (Å²) in [5.74, 6) is -0.816. The highest BCUT2D eigenvalue weighted by Gasteiger charge is 2.17. The SMILES string of the molecule is C=Cc1ccc(C)cc1.CC.CC.CC1CO1.CN1C(=O)C=CC1=O.COC(=O)C=Cc1ccccc1. The molecule has 0 radical (unpaired) electrons. The fraction of sp³-hybridized carbons (Fsp3) is 0.323. The second kappa shape index (κ2) is 22.7. The Labute approximate surface area is 223 Å². The molecule has 4 rings (SSSR count). The van der Waals surface area contributed by atoms with Crippen molar-refractivity contribution in [1.82, 2.24) is 4.90 Å². The number of benzene rings is 2. The highest BCUT2D eigenvalue weighted by Crippen LogP contribution is 2.04. The molecule has 1 saturated heterocycles. The Morgan fingerprint density at radius 1 is 0.946 bits per heavy atom. The standard InChI is InChI=1S/C10H10O2.C9H10.C5H5NO2.C3H6O.2C2H6/c1-12-10(11)8-7-9-5-3-2-4-6-9;1-3-9-6-4-8(2)5-7-9;1-6-4(7)2-3-5(6)8;1-3-2-4-3;2*1-2/h2-8H,1H3;3-7H,1H2,2H3;2-3H,1H3;3H,2H2,1H3;2*1-2H3. The predicted octanol–water partition coefficient (Wildman–Crippen LogP) is 6.51. The van der Waals surface area contributed by atoms with E-state index in [1.165, 1.54) is 43.5 Å². The van der Waals surface area contributed by atoms with Gasteiger partial charge in [-0.2, -0.15) is 0 Å². The molecule has 0 spiro atoms. The first-order chi connectivity index (χ1) is 17.8. The van der Waals surface area contributed by atoms with Gasteiger partial charge in [-0.1, -0.05) is 101 Å². The molecule has 37 heavy (non-hydrogen) atoms. The van der Waals surface area contributed by atoms with Crippen LogP contribution in [0.15, 0.2) is 79.4 Å². The number of esters is 1. The molecule has 0 aromatic heterocycles. The zero-order chi connectivity index (χ0) is 28.6. The fourth-order valence-corrected chi connectivity index (χ4v) is 2.07. The third-order valence-corrected chi connectivity index (χ3v) is 4.26. The van der Waals surface area contributed by atoms with Gasteiger partial charge in [-0.15, -0.1) is 0 Å². The van der Waals surface area contributed by atoms with Gasteiger partial charge in [0.25, 0.3) is 11.8 Å². The van der Waals surface area contributed by atoms with E-state index in [1.807, 2.05) is 64.1 Å². The van der Waals surface area contributed by atoms with E-state index in [2.05, 4.69) is 49.4 Å². The van der Waals surface area contributed by atoms with Crippen LogP contribution >= 0.6 is 0 Å². The Balaban J connectivity index is 0. The second-order valence-corrected chi connectivity index (χ2v) is 7.09. The van der Waals surface area contributed by atoms with Crippen molar-refractivity contribution in [2.75, 3.05) is 20.8 Å². The quantitative estimate of drug-likeness (QED) is 0.204. The summed E-state index contributed by atoms with van der Waals surface area (Å²) in [7, 11) is 2.81. The largest absolute Gasteiger partial charge is 0.466 e. The number of imide groups is 1. The van der Waals surface area contributed by atoms with E-state index >= 15 is 0 Å². The van der Waals surface area contributed by atoms with Crippen molar-refractivity contribution in [1.29, 1.82) is 0 Å². The molecule has 1 fully saturated rings. The van der Waals surface area contributed by atoms with Gasteiger partial charge in [-0.25, -0.2) is 4.79 Å². The number of hydrogen-bond acceptors (Lipinski definition) is 5. The average Bonchev–Trinajstić information content (AvgIpc) is 3.69. The van der Waals surface area contributed by atoms with Gasteiger partial charge >= 0.3 is 5.97 Å². The molecular formula is C31H43NO5. The van der Waals surface area contributed by atoms with Crippen LogP contribution in [-0.2, 0) is 23.9 Å². The van der Waals surface area contributed by atoms with Crippen LogP contribution in [0.4, 0.5) is 0 Å². The van der Waals surface area contributed by atoms with Gasteiger partial charge in [0.05, 0.1) is 19.8 Å². The van der Waals surface area contributed by atoms with Gasteiger partial charge in [-0.3, -0.25) is 14.5 Å². The third-order valence-electron chi connectivity index (χ3n) is 4.26. The number of nitrogens with zero attached hydrogens (tertiary/aromatic N) is 1. The zero-order valence-electron chi connectivity index (χ0n) is 23.6. The van der Waals surface area contributed by atoms with E-state index in [0.29, 0.717) is 6.10 Å². The minimum absolute atomic E-state index is 0.241. The first-order valence-corrected chi connectivity index (χ1v) is 12.4. The number of ether oxygens (including phenoxy) is 2. The third kappa shape index (κ3) is 19.1. The molecule has 0 bridgehead atoms. The van der Waals surface area contributed by atoms with Crippen molar-refractivity contribution >= 4 is 29.9 Å². The van der Waals surface area contributed by atoms with Crippen LogP contribution in [-0.4, -0.2) is 49.6 Å². The minimum atomic E-state index is -0.334. The molecule has 0 N–H and O–H groups in total. The van der Waals surface area contributed by atoms with E-state index < -0.39 is 0 Å². The van der Waals surface area contributed by atoms with Crippen molar-refractivity contribution in [2.24, 2.45) is 0 Å². The molecule has 202 valence electrons. The van der Waals surface area contributed by atoms with Crippen LogP contribution in [0, 0.1) is 6.92 Å². The lowest BCUT2D eigenvalue weighted by molar-refractivity contribution is -0.136. The van der Waals surface area contributed by atoms with Gasteiger partial charge in [0.2, 0.25) is 0 Å². The van der Waals surface area contributed by atoms with E-state index in [0.717, 1.165) is 17.1 Å². The molecule has 0 saturated carbocycles. The van der Waals surface area contributed by atoms with Crippen molar-refractivity contribution in [2.45, 2.75) is 47.6 Å². The Kier molecular flexibility index (Phi) is 21.7. The molecule has 2 aliphatic heterocycles. The Morgan fingerprint density at radius 3 is 1.73 bits per heavy atom. The summed E-state index contributed by atoms with van der Waals surface area (Å²) in [4.78, 5) is 32.5. The molecule has 2 amide bonds. The second-order valence-electron chi connectivity index (χ2n) is 7.09. The van der Waals surface area contributed by atoms with Crippen LogP contribution in [0.1, 0.15) is 51.3 Å². The van der Waals surface area contributed by atoms with Gasteiger partial charge in [0.1, 0.15) is 0 Å². The van der Waals surface area contributed by atoms with Crippen molar-refractivity contribution in [3.8, 4) is 0 Å². The summed E-state index contributed by atoms with van der Waals surface area (Å²) < 4.78 is 9.15. The van der Waals surface area contributed by atoms with Gasteiger partial charge < -0.3 is 9.47 Å². The maximum atomic E-state index is 10.7. The Morgan fingerprint density at radius 2 is 1.41 bits per heavy atom. The number of amides is 2. The highest BCUT2D eigenvalue weighted by atomic mass is 16.6. The van der Waals surface area contributed by atoms with Crippen molar-refractivity contribution in [3.05, 3.63) is 96.1 Å². The van der Waals surface area contributed by atoms with E-state index in [9.17, 15) is 14.4 Å². The summed E-state index contributed by atoms with van der Waals surface area (Å²) in [6.45, 7) is 16.8. The van der Waals surface area contributed by atoms with E-state index in [4.69, 9.17) is 4.74 Å². The fourth-order valence-electron chi connectivity index (χ4n) is 2.07. The maximum absolute atomic E-state index is 10.7. The molecule has 2 aliphatic rings. The molecule has 0 aliphatic carbocycles. The van der Waals surface area contributed by atoms with Gasteiger partial charge in [0, 0.05) is 25.3 Å². The van der Waals surface area contributed by atoms with Crippen LogP contribution in [0.25, 0.3) is 12.2 Å². The Hall–Kier alpha value is -3.77. The lowest BCUT2D eigenvalue weighted by Gasteiger charge is -2.01. The summed E-state index contributed by atoms with van der Waals surface area (Å²) in [6, 6.07) is 17.9. The predicted molar refractivity (Wildman–Crippen MR) is 154 cm³/mol. The molecular weight excluding hydrogens is 466 g/mol. The molecule has 2 heterocycles. The van der Waals surface area contributed by atoms with Gasteiger partial charge in [0.15, 0.2) is 0 Å². The molecule has 2 aromatic rings.